The Kier molecular flexibility index (Phi) is 5.52. The van der Waals surface area contributed by atoms with E-state index < -0.39 is 0 Å². The second-order valence-electron chi connectivity index (χ2n) is 7.18. The molecule has 0 radical (unpaired) electrons. The van der Waals surface area contributed by atoms with Crippen LogP contribution in [0.4, 0.5) is 8.78 Å². The zero-order chi connectivity index (χ0) is 20.2. The summed E-state index contributed by atoms with van der Waals surface area (Å²) in [6.07, 6.45) is 4.13. The first-order valence-corrected chi connectivity index (χ1v) is 9.68. The number of pyridine rings is 1. The second kappa shape index (κ2) is 8.39. The molecular formula is C25H21F2NO. The molecule has 0 amide bonds. The molecular weight excluding hydrogens is 368 g/mol. The van der Waals surface area contributed by atoms with Crippen LogP contribution in [0.25, 0.3) is 10.8 Å². The van der Waals surface area contributed by atoms with E-state index in [-0.39, 0.29) is 23.3 Å². The lowest BCUT2D eigenvalue weighted by Gasteiger charge is -2.18. The fraction of sp³-hybridized carbons (Fsp3) is 0.160. The maximum Gasteiger partial charge on any atom is 0.123 e. The molecule has 0 bridgehead atoms. The summed E-state index contributed by atoms with van der Waals surface area (Å²) in [6, 6.07) is 20.3. The number of halogens is 2. The molecule has 0 saturated heterocycles. The summed E-state index contributed by atoms with van der Waals surface area (Å²) >= 11 is 0. The Bertz CT molecular complexity index is 1060. The molecule has 29 heavy (non-hydrogen) atoms. The monoisotopic (exact) mass is 389 g/mol. The van der Waals surface area contributed by atoms with Gasteiger partial charge in [-0.05, 0) is 66.8 Å². The number of fused-ring (bicyclic) bond motifs is 1. The first-order chi connectivity index (χ1) is 14.1. The Morgan fingerprint density at radius 2 is 1.38 bits per heavy atom. The third-order valence-corrected chi connectivity index (χ3v) is 5.32. The number of aryl methyl sites for hydroxylation is 1. The number of benzene rings is 3. The van der Waals surface area contributed by atoms with Crippen LogP contribution in [0.2, 0.25) is 0 Å². The van der Waals surface area contributed by atoms with Crippen LogP contribution in [0.1, 0.15) is 35.6 Å². The van der Waals surface area contributed by atoms with E-state index in [1.54, 1.807) is 36.5 Å². The first-order valence-electron chi connectivity index (χ1n) is 9.68. The van der Waals surface area contributed by atoms with Gasteiger partial charge in [-0.3, -0.25) is 4.98 Å². The van der Waals surface area contributed by atoms with Crippen molar-refractivity contribution < 1.29 is 13.9 Å². The van der Waals surface area contributed by atoms with Crippen LogP contribution in [0.3, 0.4) is 0 Å². The van der Waals surface area contributed by atoms with Gasteiger partial charge in [-0.1, -0.05) is 36.4 Å². The van der Waals surface area contributed by atoms with Crippen molar-refractivity contribution in [2.75, 3.05) is 0 Å². The highest BCUT2D eigenvalue weighted by Gasteiger charge is 2.15. The Morgan fingerprint density at radius 1 is 0.759 bits per heavy atom. The lowest BCUT2D eigenvalue weighted by molar-refractivity contribution is 0.481. The minimum Gasteiger partial charge on any atom is -0.507 e. The minimum atomic E-state index is -0.272. The van der Waals surface area contributed by atoms with Gasteiger partial charge in [0.2, 0.25) is 0 Å². The van der Waals surface area contributed by atoms with Crippen LogP contribution in [-0.4, -0.2) is 10.1 Å². The van der Waals surface area contributed by atoms with E-state index in [0.717, 1.165) is 46.9 Å². The highest BCUT2D eigenvalue weighted by molar-refractivity contribution is 5.89. The SMILES string of the molecule is Oc1cccc2c(CCCC(c3ccc(F)cc3)c3ccc(F)cc3)nccc12. The van der Waals surface area contributed by atoms with Gasteiger partial charge in [-0.2, -0.15) is 0 Å². The maximum atomic E-state index is 13.4. The van der Waals surface area contributed by atoms with Gasteiger partial charge in [-0.15, -0.1) is 0 Å². The molecule has 0 unspecified atom stereocenters. The van der Waals surface area contributed by atoms with E-state index in [9.17, 15) is 13.9 Å². The Hall–Kier alpha value is -3.27. The van der Waals surface area contributed by atoms with Crippen molar-refractivity contribution in [1.29, 1.82) is 0 Å². The van der Waals surface area contributed by atoms with Crippen molar-refractivity contribution in [2.24, 2.45) is 0 Å². The number of hydrogen-bond acceptors (Lipinski definition) is 2. The molecule has 4 aromatic rings. The average molecular weight is 389 g/mol. The predicted octanol–water partition coefficient (Wildman–Crippen LogP) is 6.37. The topological polar surface area (TPSA) is 33.1 Å². The molecule has 0 aliphatic rings. The quantitative estimate of drug-likeness (QED) is 0.415. The average Bonchev–Trinajstić information content (AvgIpc) is 2.74. The van der Waals surface area contributed by atoms with Crippen molar-refractivity contribution in [3.8, 4) is 5.75 Å². The van der Waals surface area contributed by atoms with Crippen LogP contribution in [-0.2, 0) is 6.42 Å². The molecule has 0 saturated carbocycles. The van der Waals surface area contributed by atoms with E-state index in [4.69, 9.17) is 0 Å². The summed E-state index contributed by atoms with van der Waals surface area (Å²) < 4.78 is 26.8. The van der Waals surface area contributed by atoms with E-state index in [0.29, 0.717) is 0 Å². The smallest absolute Gasteiger partial charge is 0.123 e. The molecule has 1 aromatic heterocycles. The summed E-state index contributed by atoms with van der Waals surface area (Å²) in [6.45, 7) is 0. The lowest BCUT2D eigenvalue weighted by Crippen LogP contribution is -2.03. The minimum absolute atomic E-state index is 0.0413. The largest absolute Gasteiger partial charge is 0.507 e. The van der Waals surface area contributed by atoms with Crippen molar-refractivity contribution in [3.63, 3.8) is 0 Å². The van der Waals surface area contributed by atoms with Gasteiger partial charge in [0.25, 0.3) is 0 Å². The van der Waals surface area contributed by atoms with Gasteiger partial charge in [0.1, 0.15) is 17.4 Å². The second-order valence-corrected chi connectivity index (χ2v) is 7.18. The lowest BCUT2D eigenvalue weighted by atomic mass is 9.86. The molecule has 4 heteroatoms. The third kappa shape index (κ3) is 4.27. The van der Waals surface area contributed by atoms with E-state index in [2.05, 4.69) is 4.98 Å². The Balaban J connectivity index is 1.57. The van der Waals surface area contributed by atoms with Crippen LogP contribution >= 0.6 is 0 Å². The van der Waals surface area contributed by atoms with Crippen LogP contribution < -0.4 is 0 Å². The summed E-state index contributed by atoms with van der Waals surface area (Å²) in [5.74, 6) is -0.251. The molecule has 0 spiro atoms. The number of rotatable bonds is 6. The van der Waals surface area contributed by atoms with Gasteiger partial charge in [0, 0.05) is 28.6 Å². The zero-order valence-corrected chi connectivity index (χ0v) is 15.9. The van der Waals surface area contributed by atoms with E-state index >= 15 is 0 Å². The third-order valence-electron chi connectivity index (χ3n) is 5.32. The zero-order valence-electron chi connectivity index (χ0n) is 15.9. The fourth-order valence-corrected chi connectivity index (χ4v) is 3.84. The van der Waals surface area contributed by atoms with Crippen LogP contribution in [0.15, 0.2) is 79.0 Å². The molecule has 3 aromatic carbocycles. The molecule has 4 rings (SSSR count). The highest BCUT2D eigenvalue weighted by atomic mass is 19.1. The standard InChI is InChI=1S/C25H21F2NO/c26-19-11-7-17(8-12-19)21(18-9-13-20(27)14-10-18)3-1-5-24-22-4-2-6-25(29)23(22)15-16-28-24/h2,4,6-16,21,29H,1,3,5H2. The van der Waals surface area contributed by atoms with Crippen LogP contribution in [0.5, 0.6) is 5.75 Å². The summed E-state index contributed by atoms with van der Waals surface area (Å²) in [5.41, 5.74) is 2.94. The first kappa shape index (κ1) is 19.1. The Labute approximate surface area is 168 Å². The van der Waals surface area contributed by atoms with Gasteiger partial charge in [0.15, 0.2) is 0 Å². The number of phenols is 1. The molecule has 1 N–H and O–H groups in total. The molecule has 0 fully saturated rings. The molecule has 146 valence electrons. The fourth-order valence-electron chi connectivity index (χ4n) is 3.84. The van der Waals surface area contributed by atoms with Gasteiger partial charge in [-0.25, -0.2) is 8.78 Å². The van der Waals surface area contributed by atoms with Crippen LogP contribution in [0, 0.1) is 11.6 Å². The summed E-state index contributed by atoms with van der Waals surface area (Å²) in [4.78, 5) is 4.50. The van der Waals surface area contributed by atoms with Crippen molar-refractivity contribution >= 4 is 10.8 Å². The number of aromatic nitrogens is 1. The van der Waals surface area contributed by atoms with Crippen molar-refractivity contribution in [2.45, 2.75) is 25.2 Å². The predicted molar refractivity (Wildman–Crippen MR) is 111 cm³/mol. The normalized spacial score (nSPS) is 11.3. The molecule has 2 nitrogen and oxygen atoms in total. The van der Waals surface area contributed by atoms with Crippen molar-refractivity contribution in [1.82, 2.24) is 4.98 Å². The number of hydrogen-bond donors (Lipinski definition) is 1. The Morgan fingerprint density at radius 3 is 2.00 bits per heavy atom. The summed E-state index contributed by atoms with van der Waals surface area (Å²) in [5, 5.41) is 11.8. The van der Waals surface area contributed by atoms with Crippen molar-refractivity contribution in [3.05, 3.63) is 107 Å². The molecule has 0 atom stereocenters. The highest BCUT2D eigenvalue weighted by Crippen LogP contribution is 2.31. The number of nitrogens with zero attached hydrogens (tertiary/aromatic N) is 1. The molecule has 0 aliphatic carbocycles. The van der Waals surface area contributed by atoms with Gasteiger partial charge >= 0.3 is 0 Å². The molecule has 1 heterocycles. The number of phenolic OH excluding ortho intramolecular Hbond substituents is 1. The van der Waals surface area contributed by atoms with Gasteiger partial charge in [0.05, 0.1) is 0 Å². The van der Waals surface area contributed by atoms with E-state index in [1.165, 1.54) is 24.3 Å². The summed E-state index contributed by atoms with van der Waals surface area (Å²) in [7, 11) is 0. The van der Waals surface area contributed by atoms with E-state index in [1.807, 2.05) is 18.2 Å². The number of aromatic hydroxyl groups is 1. The van der Waals surface area contributed by atoms with Gasteiger partial charge < -0.3 is 5.11 Å². The maximum absolute atomic E-state index is 13.4. The molecule has 0 aliphatic heterocycles.